The minimum atomic E-state index is -0.361. The van der Waals surface area contributed by atoms with Crippen molar-refractivity contribution >= 4 is 5.97 Å². The number of halogens is 1. The molecule has 2 aromatic heterocycles. The van der Waals surface area contributed by atoms with Crippen LogP contribution in [-0.2, 0) is 4.74 Å². The smallest absolute Gasteiger partial charge is 0.338 e. The molecule has 4 aromatic rings. The van der Waals surface area contributed by atoms with E-state index in [0.717, 1.165) is 22.5 Å². The van der Waals surface area contributed by atoms with E-state index in [1.807, 2.05) is 30.3 Å². The van der Waals surface area contributed by atoms with Gasteiger partial charge in [0.1, 0.15) is 11.6 Å². The number of H-pyrrole nitrogens is 1. The SMILES string of the molecule is CCOC(=O)c1ccc(-c2nc(-c3ccc(F)cc3)c(-c3ccccn3)[nH]2)cc1. The summed E-state index contributed by atoms with van der Waals surface area (Å²) in [7, 11) is 0. The van der Waals surface area contributed by atoms with Crippen LogP contribution in [0.25, 0.3) is 34.0 Å². The first-order valence-electron chi connectivity index (χ1n) is 9.20. The van der Waals surface area contributed by atoms with Crippen molar-refractivity contribution in [1.82, 2.24) is 15.0 Å². The normalized spacial score (nSPS) is 10.7. The van der Waals surface area contributed by atoms with Crippen LogP contribution in [0.2, 0.25) is 0 Å². The van der Waals surface area contributed by atoms with Crippen LogP contribution in [0.4, 0.5) is 4.39 Å². The molecular formula is C23H18FN3O2. The summed E-state index contributed by atoms with van der Waals surface area (Å²) in [6.07, 6.45) is 1.71. The molecule has 0 bridgehead atoms. The van der Waals surface area contributed by atoms with Gasteiger partial charge in [-0.3, -0.25) is 4.98 Å². The number of rotatable bonds is 5. The highest BCUT2D eigenvalue weighted by atomic mass is 19.1. The number of carbonyl (C=O) groups excluding carboxylic acids is 1. The number of aromatic nitrogens is 3. The third-order valence-corrected chi connectivity index (χ3v) is 4.41. The fourth-order valence-corrected chi connectivity index (χ4v) is 3.00. The van der Waals surface area contributed by atoms with E-state index >= 15 is 0 Å². The molecule has 0 amide bonds. The molecular weight excluding hydrogens is 369 g/mol. The van der Waals surface area contributed by atoms with Crippen molar-refractivity contribution in [2.24, 2.45) is 0 Å². The van der Waals surface area contributed by atoms with Crippen molar-refractivity contribution in [2.45, 2.75) is 6.92 Å². The lowest BCUT2D eigenvalue weighted by Gasteiger charge is -2.02. The number of imidazole rings is 1. The van der Waals surface area contributed by atoms with Crippen LogP contribution in [0.1, 0.15) is 17.3 Å². The highest BCUT2D eigenvalue weighted by Gasteiger charge is 2.16. The summed E-state index contributed by atoms with van der Waals surface area (Å²) in [5, 5.41) is 0. The van der Waals surface area contributed by atoms with Crippen molar-refractivity contribution in [3.05, 3.63) is 84.3 Å². The fourth-order valence-electron chi connectivity index (χ4n) is 3.00. The van der Waals surface area contributed by atoms with Gasteiger partial charge in [-0.2, -0.15) is 0 Å². The average molecular weight is 387 g/mol. The predicted molar refractivity (Wildman–Crippen MR) is 109 cm³/mol. The number of hydrogen-bond donors (Lipinski definition) is 1. The van der Waals surface area contributed by atoms with E-state index in [1.165, 1.54) is 12.1 Å². The number of esters is 1. The first-order chi connectivity index (χ1) is 14.2. The number of hydrogen-bond acceptors (Lipinski definition) is 4. The van der Waals surface area contributed by atoms with E-state index < -0.39 is 0 Å². The first-order valence-corrected chi connectivity index (χ1v) is 9.20. The maximum absolute atomic E-state index is 13.4. The van der Waals surface area contributed by atoms with Crippen molar-refractivity contribution in [1.29, 1.82) is 0 Å². The second-order valence-corrected chi connectivity index (χ2v) is 6.33. The van der Waals surface area contributed by atoms with Crippen LogP contribution in [-0.4, -0.2) is 27.5 Å². The first kappa shape index (κ1) is 18.6. The van der Waals surface area contributed by atoms with Crippen molar-refractivity contribution in [3.8, 4) is 34.0 Å². The number of nitrogens with zero attached hydrogens (tertiary/aromatic N) is 2. The molecule has 0 spiro atoms. The Bertz CT molecular complexity index is 1120. The van der Waals surface area contributed by atoms with Gasteiger partial charge in [0.05, 0.1) is 29.3 Å². The topological polar surface area (TPSA) is 67.9 Å². The van der Waals surface area contributed by atoms with Gasteiger partial charge >= 0.3 is 5.97 Å². The van der Waals surface area contributed by atoms with Crippen LogP contribution in [0.5, 0.6) is 0 Å². The Morgan fingerprint density at radius 2 is 1.72 bits per heavy atom. The minimum Gasteiger partial charge on any atom is -0.462 e. The number of pyridine rings is 1. The molecule has 0 aliphatic carbocycles. The minimum absolute atomic E-state index is 0.307. The van der Waals surface area contributed by atoms with Gasteiger partial charge in [0.15, 0.2) is 0 Å². The molecule has 0 atom stereocenters. The fraction of sp³-hybridized carbons (Fsp3) is 0.0870. The number of aromatic amines is 1. The van der Waals surface area contributed by atoms with Gasteiger partial charge in [0.2, 0.25) is 0 Å². The zero-order chi connectivity index (χ0) is 20.2. The van der Waals surface area contributed by atoms with Crippen LogP contribution >= 0.6 is 0 Å². The van der Waals surface area contributed by atoms with Gasteiger partial charge in [0, 0.05) is 17.3 Å². The molecule has 0 aliphatic heterocycles. The zero-order valence-corrected chi connectivity index (χ0v) is 15.7. The maximum atomic E-state index is 13.4. The van der Waals surface area contributed by atoms with Crippen molar-refractivity contribution < 1.29 is 13.9 Å². The quantitative estimate of drug-likeness (QED) is 0.483. The summed E-state index contributed by atoms with van der Waals surface area (Å²) in [6, 6.07) is 18.8. The molecule has 0 unspecified atom stereocenters. The van der Waals surface area contributed by atoms with Crippen molar-refractivity contribution in [3.63, 3.8) is 0 Å². The zero-order valence-electron chi connectivity index (χ0n) is 15.7. The highest BCUT2D eigenvalue weighted by Crippen LogP contribution is 2.32. The maximum Gasteiger partial charge on any atom is 0.338 e. The van der Waals surface area contributed by atoms with Gasteiger partial charge in [0.25, 0.3) is 0 Å². The van der Waals surface area contributed by atoms with E-state index in [4.69, 9.17) is 9.72 Å². The van der Waals surface area contributed by atoms with E-state index in [2.05, 4.69) is 9.97 Å². The molecule has 1 N–H and O–H groups in total. The molecule has 0 saturated carbocycles. The van der Waals surface area contributed by atoms with Gasteiger partial charge < -0.3 is 9.72 Å². The number of benzene rings is 2. The second kappa shape index (κ2) is 8.06. The van der Waals surface area contributed by atoms with E-state index in [9.17, 15) is 9.18 Å². The standard InChI is InChI=1S/C23H18FN3O2/c1-2-29-23(28)17-8-6-16(7-9-17)22-26-20(15-10-12-18(24)13-11-15)21(27-22)19-5-3-4-14-25-19/h3-14H,2H2,1H3,(H,26,27). The summed E-state index contributed by atoms with van der Waals surface area (Å²) in [5.41, 5.74) is 4.20. The molecule has 5 nitrogen and oxygen atoms in total. The molecule has 6 heteroatoms. The second-order valence-electron chi connectivity index (χ2n) is 6.33. The predicted octanol–water partition coefficient (Wildman–Crippen LogP) is 5.12. The van der Waals surface area contributed by atoms with E-state index in [-0.39, 0.29) is 11.8 Å². The third-order valence-electron chi connectivity index (χ3n) is 4.41. The van der Waals surface area contributed by atoms with Crippen LogP contribution in [0.15, 0.2) is 72.9 Å². The van der Waals surface area contributed by atoms with Crippen LogP contribution in [0.3, 0.4) is 0 Å². The number of nitrogens with one attached hydrogen (secondary N) is 1. The van der Waals surface area contributed by atoms with Gasteiger partial charge in [-0.05, 0) is 55.5 Å². The summed E-state index contributed by atoms with van der Waals surface area (Å²) in [5.74, 6) is -0.0430. The Balaban J connectivity index is 1.77. The Morgan fingerprint density at radius 1 is 1.00 bits per heavy atom. The molecule has 2 heterocycles. The van der Waals surface area contributed by atoms with E-state index in [1.54, 1.807) is 37.4 Å². The lowest BCUT2D eigenvalue weighted by molar-refractivity contribution is 0.0526. The Kier molecular flexibility index (Phi) is 5.16. The molecule has 2 aromatic carbocycles. The Hall–Kier alpha value is -3.80. The van der Waals surface area contributed by atoms with Gasteiger partial charge in [-0.25, -0.2) is 14.2 Å². The Labute approximate surface area is 167 Å². The Morgan fingerprint density at radius 3 is 2.38 bits per heavy atom. The molecule has 29 heavy (non-hydrogen) atoms. The number of carbonyl (C=O) groups is 1. The summed E-state index contributed by atoms with van der Waals surface area (Å²) in [6.45, 7) is 2.10. The average Bonchev–Trinajstić information content (AvgIpc) is 3.21. The molecule has 0 radical (unpaired) electrons. The number of ether oxygens (including phenoxy) is 1. The van der Waals surface area contributed by atoms with E-state index in [0.29, 0.717) is 23.7 Å². The lowest BCUT2D eigenvalue weighted by atomic mass is 10.1. The molecule has 0 saturated heterocycles. The molecule has 4 rings (SSSR count). The largest absolute Gasteiger partial charge is 0.462 e. The summed E-state index contributed by atoms with van der Waals surface area (Å²) >= 11 is 0. The van der Waals surface area contributed by atoms with Crippen LogP contribution in [0, 0.1) is 5.82 Å². The molecule has 0 fully saturated rings. The summed E-state index contributed by atoms with van der Waals surface area (Å²) < 4.78 is 18.4. The van der Waals surface area contributed by atoms with Crippen molar-refractivity contribution in [2.75, 3.05) is 6.61 Å². The summed E-state index contributed by atoms with van der Waals surface area (Å²) in [4.78, 5) is 24.3. The lowest BCUT2D eigenvalue weighted by Crippen LogP contribution is -2.04. The van der Waals surface area contributed by atoms with Gasteiger partial charge in [-0.1, -0.05) is 18.2 Å². The monoisotopic (exact) mass is 387 g/mol. The van der Waals surface area contributed by atoms with Crippen LogP contribution < -0.4 is 0 Å². The molecule has 0 aliphatic rings. The third kappa shape index (κ3) is 3.91. The highest BCUT2D eigenvalue weighted by molar-refractivity contribution is 5.90. The van der Waals surface area contributed by atoms with Gasteiger partial charge in [-0.15, -0.1) is 0 Å². The molecule has 144 valence electrons.